The van der Waals surface area contributed by atoms with Crippen LogP contribution in [0.4, 0.5) is 10.8 Å². The minimum Gasteiger partial charge on any atom is -0.303 e. The van der Waals surface area contributed by atoms with E-state index >= 15 is 0 Å². The number of hydrogen-bond donors (Lipinski definition) is 1. The Labute approximate surface area is 132 Å². The van der Waals surface area contributed by atoms with Crippen LogP contribution < -0.4 is 10.2 Å². The number of amides is 2. The van der Waals surface area contributed by atoms with E-state index < -0.39 is 0 Å². The van der Waals surface area contributed by atoms with Crippen LogP contribution in [0.2, 0.25) is 0 Å². The van der Waals surface area contributed by atoms with E-state index in [4.69, 9.17) is 0 Å². The van der Waals surface area contributed by atoms with E-state index in [0.29, 0.717) is 11.6 Å². The van der Waals surface area contributed by atoms with Gasteiger partial charge in [0.2, 0.25) is 16.9 Å². The predicted molar refractivity (Wildman–Crippen MR) is 85.0 cm³/mol. The van der Waals surface area contributed by atoms with E-state index in [1.165, 1.54) is 16.2 Å². The van der Waals surface area contributed by atoms with Gasteiger partial charge in [-0.25, -0.2) is 0 Å². The molecule has 1 aromatic heterocycles. The third-order valence-electron chi connectivity index (χ3n) is 3.51. The molecule has 0 saturated heterocycles. The molecular formula is C15H16N4O2S. The number of aryl methyl sites for hydroxylation is 2. The number of carbonyl (C=O) groups excluding carboxylic acids is 2. The van der Waals surface area contributed by atoms with Gasteiger partial charge in [-0.15, -0.1) is 10.2 Å². The Hall–Kier alpha value is -2.28. The van der Waals surface area contributed by atoms with E-state index in [1.54, 1.807) is 0 Å². The summed E-state index contributed by atoms with van der Waals surface area (Å²) in [7, 11) is 0. The Morgan fingerprint density at radius 1 is 1.32 bits per heavy atom. The van der Waals surface area contributed by atoms with Crippen LogP contribution >= 0.6 is 11.3 Å². The maximum Gasteiger partial charge on any atom is 0.246 e. The van der Waals surface area contributed by atoms with E-state index in [-0.39, 0.29) is 18.4 Å². The van der Waals surface area contributed by atoms with Crippen LogP contribution in [0.1, 0.15) is 23.9 Å². The lowest BCUT2D eigenvalue weighted by atomic mass is 10.0. The number of nitrogens with zero attached hydrogens (tertiary/aromatic N) is 3. The van der Waals surface area contributed by atoms with Crippen molar-refractivity contribution in [2.75, 3.05) is 16.8 Å². The predicted octanol–water partition coefficient (Wildman–Crippen LogP) is 2.02. The van der Waals surface area contributed by atoms with E-state index in [9.17, 15) is 9.59 Å². The van der Waals surface area contributed by atoms with E-state index in [2.05, 4.69) is 15.5 Å². The Morgan fingerprint density at radius 2 is 2.14 bits per heavy atom. The number of anilines is 2. The first-order chi connectivity index (χ1) is 10.7. The van der Waals surface area contributed by atoms with Gasteiger partial charge in [-0.3, -0.25) is 14.9 Å². The van der Waals surface area contributed by atoms with Crippen molar-refractivity contribution in [1.29, 1.82) is 0 Å². The summed E-state index contributed by atoms with van der Waals surface area (Å²) in [6, 6.07) is 7.69. The van der Waals surface area contributed by atoms with E-state index in [1.807, 2.05) is 31.2 Å². The number of para-hydroxylation sites is 1. The molecule has 6 nitrogen and oxygen atoms in total. The molecule has 114 valence electrons. The fraction of sp³-hybridized carbons (Fsp3) is 0.333. The molecule has 2 heterocycles. The number of aromatic nitrogens is 2. The highest BCUT2D eigenvalue weighted by molar-refractivity contribution is 7.15. The second-order valence-corrected chi connectivity index (χ2v) is 6.07. The fourth-order valence-electron chi connectivity index (χ4n) is 2.42. The summed E-state index contributed by atoms with van der Waals surface area (Å²) in [4.78, 5) is 25.8. The molecule has 0 bridgehead atoms. The number of rotatable bonds is 4. The van der Waals surface area contributed by atoms with Crippen molar-refractivity contribution in [3.05, 3.63) is 34.8 Å². The van der Waals surface area contributed by atoms with Crippen LogP contribution in [0.5, 0.6) is 0 Å². The second kappa shape index (κ2) is 6.23. The first kappa shape index (κ1) is 14.6. The molecule has 1 N–H and O–H groups in total. The molecule has 0 fully saturated rings. The molecule has 0 aliphatic carbocycles. The maximum atomic E-state index is 12.2. The van der Waals surface area contributed by atoms with Crippen LogP contribution in [-0.4, -0.2) is 28.6 Å². The van der Waals surface area contributed by atoms with Gasteiger partial charge in [0.1, 0.15) is 11.6 Å². The largest absolute Gasteiger partial charge is 0.303 e. The van der Waals surface area contributed by atoms with Crippen LogP contribution in [0.3, 0.4) is 0 Å². The van der Waals surface area contributed by atoms with Gasteiger partial charge in [-0.05, 0) is 24.5 Å². The SMILES string of the molecule is CCc1nnc(NC(=O)CN2C(=O)CCc3ccccc32)s1. The van der Waals surface area contributed by atoms with Gasteiger partial charge in [0.15, 0.2) is 0 Å². The molecule has 0 radical (unpaired) electrons. The highest BCUT2D eigenvalue weighted by atomic mass is 32.1. The van der Waals surface area contributed by atoms with Gasteiger partial charge in [0.05, 0.1) is 0 Å². The molecule has 0 saturated carbocycles. The smallest absolute Gasteiger partial charge is 0.246 e. The molecule has 0 unspecified atom stereocenters. The molecule has 1 aromatic carbocycles. The number of carbonyl (C=O) groups is 2. The average molecular weight is 316 g/mol. The van der Waals surface area contributed by atoms with Gasteiger partial charge in [0.25, 0.3) is 0 Å². The van der Waals surface area contributed by atoms with Crippen molar-refractivity contribution in [3.8, 4) is 0 Å². The Bertz CT molecular complexity index is 713. The van der Waals surface area contributed by atoms with Crippen molar-refractivity contribution in [1.82, 2.24) is 10.2 Å². The van der Waals surface area contributed by atoms with Crippen molar-refractivity contribution in [2.45, 2.75) is 26.2 Å². The van der Waals surface area contributed by atoms with Gasteiger partial charge < -0.3 is 4.90 Å². The van der Waals surface area contributed by atoms with Crippen LogP contribution in [0, 0.1) is 0 Å². The van der Waals surface area contributed by atoms with Crippen LogP contribution in [0.25, 0.3) is 0 Å². The molecule has 2 amide bonds. The number of hydrogen-bond acceptors (Lipinski definition) is 5. The molecule has 7 heteroatoms. The first-order valence-corrected chi connectivity index (χ1v) is 7.99. The molecular weight excluding hydrogens is 300 g/mol. The number of nitrogens with one attached hydrogen (secondary N) is 1. The molecule has 0 spiro atoms. The molecule has 22 heavy (non-hydrogen) atoms. The monoisotopic (exact) mass is 316 g/mol. The summed E-state index contributed by atoms with van der Waals surface area (Å²) >= 11 is 1.35. The highest BCUT2D eigenvalue weighted by Gasteiger charge is 2.25. The minimum atomic E-state index is -0.260. The Kier molecular flexibility index (Phi) is 4.15. The van der Waals surface area contributed by atoms with Gasteiger partial charge in [-0.2, -0.15) is 0 Å². The standard InChI is InChI=1S/C15H16N4O2S/c1-2-13-17-18-15(22-13)16-12(20)9-19-11-6-4-3-5-10(11)7-8-14(19)21/h3-6H,2,7-9H2,1H3,(H,16,18,20). The van der Waals surface area contributed by atoms with E-state index in [0.717, 1.165) is 29.1 Å². The molecule has 0 atom stereocenters. The Balaban J connectivity index is 1.72. The highest BCUT2D eigenvalue weighted by Crippen LogP contribution is 2.27. The summed E-state index contributed by atoms with van der Waals surface area (Å²) in [5.41, 5.74) is 1.92. The zero-order valence-corrected chi connectivity index (χ0v) is 13.0. The van der Waals surface area contributed by atoms with Gasteiger partial charge in [-0.1, -0.05) is 36.5 Å². The fourth-order valence-corrected chi connectivity index (χ4v) is 3.11. The average Bonchev–Trinajstić information content (AvgIpc) is 2.98. The normalized spacial score (nSPS) is 13.9. The third kappa shape index (κ3) is 2.99. The Morgan fingerprint density at radius 3 is 2.91 bits per heavy atom. The van der Waals surface area contributed by atoms with Crippen molar-refractivity contribution < 1.29 is 9.59 Å². The quantitative estimate of drug-likeness (QED) is 0.936. The topological polar surface area (TPSA) is 75.2 Å². The second-order valence-electron chi connectivity index (χ2n) is 5.01. The minimum absolute atomic E-state index is 0.00309. The first-order valence-electron chi connectivity index (χ1n) is 7.18. The molecule has 2 aromatic rings. The summed E-state index contributed by atoms with van der Waals surface area (Å²) < 4.78 is 0. The van der Waals surface area contributed by atoms with Gasteiger partial charge >= 0.3 is 0 Å². The lowest BCUT2D eigenvalue weighted by Gasteiger charge is -2.28. The van der Waals surface area contributed by atoms with Crippen molar-refractivity contribution in [3.63, 3.8) is 0 Å². The number of benzene rings is 1. The zero-order valence-electron chi connectivity index (χ0n) is 12.2. The van der Waals surface area contributed by atoms with Crippen LogP contribution in [-0.2, 0) is 22.4 Å². The summed E-state index contributed by atoms with van der Waals surface area (Å²) in [5, 5.41) is 11.9. The van der Waals surface area contributed by atoms with Crippen molar-refractivity contribution >= 4 is 34.0 Å². The van der Waals surface area contributed by atoms with Gasteiger partial charge in [0, 0.05) is 12.1 Å². The maximum absolute atomic E-state index is 12.2. The van der Waals surface area contributed by atoms with Crippen LogP contribution in [0.15, 0.2) is 24.3 Å². The molecule has 3 rings (SSSR count). The molecule has 1 aliphatic heterocycles. The summed E-state index contributed by atoms with van der Waals surface area (Å²) in [5.74, 6) is -0.288. The number of fused-ring (bicyclic) bond motifs is 1. The lowest BCUT2D eigenvalue weighted by Crippen LogP contribution is -2.40. The zero-order chi connectivity index (χ0) is 15.5. The molecule has 1 aliphatic rings. The summed E-state index contributed by atoms with van der Waals surface area (Å²) in [6.07, 6.45) is 1.94. The van der Waals surface area contributed by atoms with Crippen molar-refractivity contribution in [2.24, 2.45) is 0 Å². The summed E-state index contributed by atoms with van der Waals surface area (Å²) in [6.45, 7) is 1.98. The third-order valence-corrected chi connectivity index (χ3v) is 4.49. The lowest BCUT2D eigenvalue weighted by molar-refractivity contribution is -0.121.